The fraction of sp³-hybridized carbons (Fsp3) is 0.286. The first-order valence-electron chi connectivity index (χ1n) is 2.81. The van der Waals surface area contributed by atoms with E-state index in [4.69, 9.17) is 5.11 Å². The minimum Gasteiger partial charge on any atom is -0.498 e. The fourth-order valence-corrected chi connectivity index (χ4v) is 0.328. The van der Waals surface area contributed by atoms with Crippen molar-refractivity contribution < 1.29 is 14.6 Å². The molecule has 0 saturated carbocycles. The zero-order chi connectivity index (χ0) is 7.98. The maximum Gasteiger partial charge on any atom is 0.331 e. The minimum atomic E-state index is -0.923. The predicted molar refractivity (Wildman–Crippen MR) is 37.5 cm³/mol. The van der Waals surface area contributed by atoms with Gasteiger partial charge in [-0.3, -0.25) is 0 Å². The summed E-state index contributed by atoms with van der Waals surface area (Å²) >= 11 is 0. The van der Waals surface area contributed by atoms with Gasteiger partial charge < -0.3 is 9.84 Å². The lowest BCUT2D eigenvalue weighted by molar-refractivity contribution is -0.132. The van der Waals surface area contributed by atoms with E-state index in [-0.39, 0.29) is 12.2 Å². The molecule has 0 aromatic rings. The van der Waals surface area contributed by atoms with Gasteiger partial charge in [0.1, 0.15) is 6.61 Å². The number of carboxylic acids is 1. The van der Waals surface area contributed by atoms with E-state index < -0.39 is 5.97 Å². The number of hydrogen-bond acceptors (Lipinski definition) is 2. The highest BCUT2D eigenvalue weighted by molar-refractivity contribution is 5.85. The van der Waals surface area contributed by atoms with Crippen LogP contribution >= 0.6 is 0 Å². The molecule has 0 saturated heterocycles. The highest BCUT2D eigenvalue weighted by Gasteiger charge is 1.96. The average Bonchev–Trinajstić information content (AvgIpc) is 1.88. The normalized spacial score (nSPS) is 10.7. The third-order valence-electron chi connectivity index (χ3n) is 0.941. The van der Waals surface area contributed by atoms with Crippen LogP contribution in [0.1, 0.15) is 6.92 Å². The van der Waals surface area contributed by atoms with Gasteiger partial charge in [-0.05, 0) is 13.0 Å². The summed E-state index contributed by atoms with van der Waals surface area (Å²) in [6, 6.07) is 0. The summed E-state index contributed by atoms with van der Waals surface area (Å²) in [5.41, 5.74) is 0.279. The van der Waals surface area contributed by atoms with Crippen molar-refractivity contribution in [1.29, 1.82) is 0 Å². The van der Waals surface area contributed by atoms with Crippen molar-refractivity contribution in [1.82, 2.24) is 0 Å². The fourth-order valence-electron chi connectivity index (χ4n) is 0.328. The van der Waals surface area contributed by atoms with Crippen LogP contribution in [0, 0.1) is 0 Å². The molecule has 0 aromatic carbocycles. The SMILES string of the molecule is C=COC/C=C(\C)C(=O)O. The van der Waals surface area contributed by atoms with Gasteiger partial charge in [0.2, 0.25) is 0 Å². The van der Waals surface area contributed by atoms with Crippen LogP contribution in [0.25, 0.3) is 0 Å². The molecule has 0 radical (unpaired) electrons. The molecule has 0 bridgehead atoms. The summed E-state index contributed by atoms with van der Waals surface area (Å²) in [4.78, 5) is 10.1. The van der Waals surface area contributed by atoms with E-state index in [1.54, 1.807) is 0 Å². The van der Waals surface area contributed by atoms with Crippen LogP contribution < -0.4 is 0 Å². The van der Waals surface area contributed by atoms with Gasteiger partial charge in [0.05, 0.1) is 6.26 Å². The molecule has 0 unspecified atom stereocenters. The van der Waals surface area contributed by atoms with E-state index >= 15 is 0 Å². The molecule has 10 heavy (non-hydrogen) atoms. The summed E-state index contributed by atoms with van der Waals surface area (Å²) in [7, 11) is 0. The van der Waals surface area contributed by atoms with E-state index in [0.717, 1.165) is 0 Å². The predicted octanol–water partition coefficient (Wildman–Crippen LogP) is 1.18. The maximum atomic E-state index is 10.1. The highest BCUT2D eigenvalue weighted by Crippen LogP contribution is 1.91. The van der Waals surface area contributed by atoms with Crippen LogP contribution in [-0.2, 0) is 9.53 Å². The van der Waals surface area contributed by atoms with Crippen molar-refractivity contribution in [3.63, 3.8) is 0 Å². The van der Waals surface area contributed by atoms with Crippen LogP contribution in [0.4, 0.5) is 0 Å². The minimum absolute atomic E-state index is 0.266. The molecule has 0 fully saturated rings. The zero-order valence-electron chi connectivity index (χ0n) is 5.83. The van der Waals surface area contributed by atoms with Gasteiger partial charge in [-0.2, -0.15) is 0 Å². The second kappa shape index (κ2) is 4.61. The Morgan fingerprint density at radius 3 is 2.80 bits per heavy atom. The third-order valence-corrected chi connectivity index (χ3v) is 0.941. The van der Waals surface area contributed by atoms with Crippen molar-refractivity contribution in [3.05, 3.63) is 24.5 Å². The van der Waals surface area contributed by atoms with Crippen molar-refractivity contribution in [2.45, 2.75) is 6.92 Å². The van der Waals surface area contributed by atoms with Gasteiger partial charge in [-0.1, -0.05) is 6.58 Å². The lowest BCUT2D eigenvalue weighted by atomic mass is 10.3. The topological polar surface area (TPSA) is 46.5 Å². The highest BCUT2D eigenvalue weighted by atomic mass is 16.5. The first-order chi connectivity index (χ1) is 4.68. The van der Waals surface area contributed by atoms with Crippen molar-refractivity contribution in [2.24, 2.45) is 0 Å². The van der Waals surface area contributed by atoms with Crippen molar-refractivity contribution in [3.8, 4) is 0 Å². The summed E-state index contributed by atoms with van der Waals surface area (Å²) < 4.78 is 4.68. The molecule has 1 N–H and O–H groups in total. The van der Waals surface area contributed by atoms with Crippen LogP contribution in [0.5, 0.6) is 0 Å². The molecule has 3 heteroatoms. The first-order valence-corrected chi connectivity index (χ1v) is 2.81. The van der Waals surface area contributed by atoms with Gasteiger partial charge in [-0.15, -0.1) is 0 Å². The molecule has 0 amide bonds. The summed E-state index contributed by atoms with van der Waals surface area (Å²) in [6.45, 7) is 5.08. The molecule has 0 rings (SSSR count). The maximum absolute atomic E-state index is 10.1. The van der Waals surface area contributed by atoms with Gasteiger partial charge in [0.15, 0.2) is 0 Å². The smallest absolute Gasteiger partial charge is 0.331 e. The quantitative estimate of drug-likeness (QED) is 0.364. The molecular formula is C7H10O3. The number of rotatable bonds is 4. The monoisotopic (exact) mass is 142 g/mol. The van der Waals surface area contributed by atoms with Crippen LogP contribution in [0.15, 0.2) is 24.5 Å². The van der Waals surface area contributed by atoms with E-state index in [2.05, 4.69) is 11.3 Å². The summed E-state index contributed by atoms with van der Waals surface area (Å²) in [5.74, 6) is -0.923. The second-order valence-corrected chi connectivity index (χ2v) is 1.69. The van der Waals surface area contributed by atoms with Gasteiger partial charge in [0.25, 0.3) is 0 Å². The van der Waals surface area contributed by atoms with E-state index in [1.165, 1.54) is 19.3 Å². The van der Waals surface area contributed by atoms with E-state index in [0.29, 0.717) is 0 Å². The Morgan fingerprint density at radius 2 is 2.40 bits per heavy atom. The summed E-state index contributed by atoms with van der Waals surface area (Å²) in [6.07, 6.45) is 2.75. The van der Waals surface area contributed by atoms with Gasteiger partial charge in [-0.25, -0.2) is 4.79 Å². The molecule has 0 aliphatic carbocycles. The molecule has 0 heterocycles. The molecule has 0 aliphatic heterocycles. The van der Waals surface area contributed by atoms with Crippen LogP contribution in [0.2, 0.25) is 0 Å². The number of carboxylic acid groups (broad SMARTS) is 1. The Balaban J connectivity index is 3.68. The molecule has 0 atom stereocenters. The van der Waals surface area contributed by atoms with Gasteiger partial charge in [0, 0.05) is 5.57 Å². The van der Waals surface area contributed by atoms with E-state index in [9.17, 15) is 4.79 Å². The zero-order valence-corrected chi connectivity index (χ0v) is 5.83. The molecule has 56 valence electrons. The Morgan fingerprint density at radius 1 is 1.80 bits per heavy atom. The Bertz CT molecular complexity index is 158. The number of hydrogen-bond donors (Lipinski definition) is 1. The van der Waals surface area contributed by atoms with Crippen molar-refractivity contribution in [2.75, 3.05) is 6.61 Å². The van der Waals surface area contributed by atoms with Crippen molar-refractivity contribution >= 4 is 5.97 Å². The van der Waals surface area contributed by atoms with Gasteiger partial charge >= 0.3 is 5.97 Å². The van der Waals surface area contributed by atoms with Crippen LogP contribution in [0.3, 0.4) is 0 Å². The standard InChI is InChI=1S/C7H10O3/c1-3-10-5-4-6(2)7(8)9/h3-4H,1,5H2,2H3,(H,8,9)/b6-4+. The Labute approximate surface area is 59.6 Å². The summed E-state index contributed by atoms with van der Waals surface area (Å²) in [5, 5.41) is 8.33. The number of carbonyl (C=O) groups is 1. The first kappa shape index (κ1) is 8.75. The lowest BCUT2D eigenvalue weighted by Crippen LogP contribution is -1.97. The molecule has 0 aromatic heterocycles. The molecule has 3 nitrogen and oxygen atoms in total. The third kappa shape index (κ3) is 3.72. The van der Waals surface area contributed by atoms with Crippen LogP contribution in [-0.4, -0.2) is 17.7 Å². The Hall–Kier alpha value is -1.25. The average molecular weight is 142 g/mol. The molecule has 0 spiro atoms. The largest absolute Gasteiger partial charge is 0.498 e. The number of ether oxygens (including phenoxy) is 1. The lowest BCUT2D eigenvalue weighted by Gasteiger charge is -1.93. The molecule has 0 aliphatic rings. The Kier molecular flexibility index (Phi) is 4.04. The number of aliphatic carboxylic acids is 1. The van der Waals surface area contributed by atoms with E-state index in [1.807, 2.05) is 0 Å². The molecular weight excluding hydrogens is 132 g/mol. The second-order valence-electron chi connectivity index (χ2n) is 1.69.